The van der Waals surface area contributed by atoms with Crippen LogP contribution in [0.3, 0.4) is 0 Å². The van der Waals surface area contributed by atoms with Gasteiger partial charge in [-0.2, -0.15) is 0 Å². The second-order valence-corrected chi connectivity index (χ2v) is 14.8. The van der Waals surface area contributed by atoms with Crippen LogP contribution in [0.5, 0.6) is 0 Å². The van der Waals surface area contributed by atoms with Gasteiger partial charge in [-0.05, 0) is 81.6 Å². The van der Waals surface area contributed by atoms with Crippen molar-refractivity contribution >= 4 is 60.1 Å². The number of hydrogen-bond acceptors (Lipinski definition) is 2. The number of nitrogens with zero attached hydrogens (tertiary/aromatic N) is 3. The van der Waals surface area contributed by atoms with Gasteiger partial charge in [0.15, 0.2) is 0 Å². The fourth-order valence-corrected chi connectivity index (χ4v) is 9.11. The van der Waals surface area contributed by atoms with Gasteiger partial charge in [0, 0.05) is 44.1 Å². The van der Waals surface area contributed by atoms with Gasteiger partial charge in [0.2, 0.25) is 6.29 Å². The van der Waals surface area contributed by atoms with Crippen LogP contribution in [0.2, 0.25) is 0 Å². The Morgan fingerprint density at radius 2 is 1.05 bits per heavy atom. The van der Waals surface area contributed by atoms with Crippen LogP contribution in [0.1, 0.15) is 11.9 Å². The van der Waals surface area contributed by atoms with Crippen molar-refractivity contribution in [2.24, 2.45) is 4.99 Å². The van der Waals surface area contributed by atoms with Gasteiger partial charge in [-0.3, -0.25) is 0 Å². The maximum absolute atomic E-state index is 5.45. The lowest BCUT2D eigenvalue weighted by Gasteiger charge is -2.28. The lowest BCUT2D eigenvalue weighted by molar-refractivity contribution is 0.485. The molecule has 10 aromatic rings. The number of hydrogen-bond donors (Lipinski definition) is 1. The molecule has 58 heavy (non-hydrogen) atoms. The lowest BCUT2D eigenvalue weighted by Crippen LogP contribution is -2.31. The van der Waals surface area contributed by atoms with Crippen LogP contribution in [0.25, 0.3) is 82.3 Å². The highest BCUT2D eigenvalue weighted by Gasteiger charge is 2.26. The van der Waals surface area contributed by atoms with Gasteiger partial charge in [0.25, 0.3) is 0 Å². The lowest BCUT2D eigenvalue weighted by atomic mass is 9.94. The van der Waals surface area contributed by atoms with Crippen molar-refractivity contribution in [1.29, 1.82) is 0 Å². The van der Waals surface area contributed by atoms with E-state index in [4.69, 9.17) is 4.99 Å². The third kappa shape index (κ3) is 5.19. The van der Waals surface area contributed by atoms with Gasteiger partial charge in [0.1, 0.15) is 0 Å². The first-order chi connectivity index (χ1) is 28.7. The SMILES string of the molecule is C=CC1=C(C=C)C(c2ccc(-c3ccccc3)cc2)=NC(n2c3ccccc3c3cc(-c4cc5c(c6ccccc46)c4ccccc4n5-c4ccccc4)ccc32)N1. The molecule has 4 heteroatoms. The van der Waals surface area contributed by atoms with E-state index in [0.29, 0.717) is 0 Å². The highest BCUT2D eigenvalue weighted by molar-refractivity contribution is 6.24. The van der Waals surface area contributed by atoms with Crippen molar-refractivity contribution in [3.63, 3.8) is 0 Å². The number of nitrogens with one attached hydrogen (secondary N) is 1. The van der Waals surface area contributed by atoms with E-state index < -0.39 is 6.29 Å². The number of aliphatic imine (C=N–C) groups is 1. The average molecular weight is 743 g/mol. The molecule has 8 aromatic carbocycles. The highest BCUT2D eigenvalue weighted by atomic mass is 15.3. The van der Waals surface area contributed by atoms with Gasteiger partial charge in [0.05, 0.1) is 27.8 Å². The first kappa shape index (κ1) is 33.6. The molecule has 3 heterocycles. The second kappa shape index (κ2) is 13.5. The Hall–Kier alpha value is -7.69. The predicted molar refractivity (Wildman–Crippen MR) is 245 cm³/mol. The minimum atomic E-state index is -0.424. The molecule has 0 spiro atoms. The van der Waals surface area contributed by atoms with E-state index in [1.54, 1.807) is 0 Å². The Kier molecular flexibility index (Phi) is 7.83. The molecule has 0 amide bonds. The Labute approximate surface area is 336 Å². The van der Waals surface area contributed by atoms with Gasteiger partial charge >= 0.3 is 0 Å². The molecule has 1 N–H and O–H groups in total. The quantitative estimate of drug-likeness (QED) is 0.173. The van der Waals surface area contributed by atoms with Gasteiger partial charge in [-0.1, -0.05) is 159 Å². The summed E-state index contributed by atoms with van der Waals surface area (Å²) in [7, 11) is 0. The van der Waals surface area contributed by atoms with Crippen LogP contribution in [0, 0.1) is 0 Å². The maximum atomic E-state index is 5.45. The fourth-order valence-electron chi connectivity index (χ4n) is 9.11. The van der Waals surface area contributed by atoms with E-state index in [1.807, 2.05) is 18.2 Å². The van der Waals surface area contributed by atoms with Gasteiger partial charge in [-0.15, -0.1) is 0 Å². The molecule has 0 fully saturated rings. The molecular formula is C54H38N4. The van der Waals surface area contributed by atoms with E-state index in [2.05, 4.69) is 204 Å². The minimum absolute atomic E-state index is 0.424. The Morgan fingerprint density at radius 1 is 0.466 bits per heavy atom. The third-order valence-electron chi connectivity index (χ3n) is 11.7. The van der Waals surface area contributed by atoms with E-state index in [1.165, 1.54) is 60.0 Å². The first-order valence-corrected chi connectivity index (χ1v) is 19.7. The number of allylic oxidation sites excluding steroid dienone is 3. The normalized spacial score (nSPS) is 14.3. The number of rotatable bonds is 7. The van der Waals surface area contributed by atoms with E-state index in [-0.39, 0.29) is 0 Å². The molecule has 0 saturated heterocycles. The van der Waals surface area contributed by atoms with Crippen LogP contribution in [0.4, 0.5) is 0 Å². The summed E-state index contributed by atoms with van der Waals surface area (Å²) in [6.45, 7) is 8.39. The second-order valence-electron chi connectivity index (χ2n) is 14.8. The summed E-state index contributed by atoms with van der Waals surface area (Å²) in [5.41, 5.74) is 14.2. The molecule has 0 saturated carbocycles. The smallest absolute Gasteiger partial charge is 0.201 e. The minimum Gasteiger partial charge on any atom is -0.346 e. The molecule has 0 bridgehead atoms. The molecule has 1 unspecified atom stereocenters. The summed E-state index contributed by atoms with van der Waals surface area (Å²) in [5.74, 6) is 0. The first-order valence-electron chi connectivity index (χ1n) is 19.7. The number of para-hydroxylation sites is 3. The fraction of sp³-hybridized carbons (Fsp3) is 0.0185. The number of fused-ring (bicyclic) bond motifs is 8. The van der Waals surface area contributed by atoms with E-state index in [0.717, 1.165) is 44.8 Å². The summed E-state index contributed by atoms with van der Waals surface area (Å²) in [6.07, 6.45) is 3.33. The Balaban J connectivity index is 1.10. The molecule has 4 nitrogen and oxygen atoms in total. The maximum Gasteiger partial charge on any atom is 0.201 e. The van der Waals surface area contributed by atoms with Crippen molar-refractivity contribution < 1.29 is 0 Å². The van der Waals surface area contributed by atoms with Crippen molar-refractivity contribution in [1.82, 2.24) is 14.5 Å². The van der Waals surface area contributed by atoms with Crippen molar-refractivity contribution in [3.8, 4) is 27.9 Å². The van der Waals surface area contributed by atoms with Crippen molar-refractivity contribution in [3.05, 3.63) is 224 Å². The van der Waals surface area contributed by atoms with E-state index in [9.17, 15) is 0 Å². The summed E-state index contributed by atoms with van der Waals surface area (Å²) >= 11 is 0. The van der Waals surface area contributed by atoms with Crippen LogP contribution < -0.4 is 5.32 Å². The van der Waals surface area contributed by atoms with Crippen LogP contribution in [-0.2, 0) is 0 Å². The number of aromatic nitrogens is 2. The average Bonchev–Trinajstić information content (AvgIpc) is 3.81. The molecule has 0 radical (unpaired) electrons. The summed E-state index contributed by atoms with van der Waals surface area (Å²) in [4.78, 5) is 5.45. The zero-order valence-electron chi connectivity index (χ0n) is 31.8. The Morgan fingerprint density at radius 3 is 1.79 bits per heavy atom. The summed E-state index contributed by atoms with van der Waals surface area (Å²) in [5, 5.41) is 11.1. The molecule has 0 aliphatic carbocycles. The highest BCUT2D eigenvalue weighted by Crippen LogP contribution is 2.43. The zero-order chi connectivity index (χ0) is 38.7. The van der Waals surface area contributed by atoms with Crippen LogP contribution >= 0.6 is 0 Å². The molecule has 274 valence electrons. The number of benzene rings is 8. The molecule has 11 rings (SSSR count). The molecular weight excluding hydrogens is 705 g/mol. The molecule has 2 aromatic heterocycles. The third-order valence-corrected chi connectivity index (χ3v) is 11.7. The molecule has 1 aliphatic heterocycles. The molecule has 1 aliphatic rings. The zero-order valence-corrected chi connectivity index (χ0v) is 31.8. The van der Waals surface area contributed by atoms with Crippen LogP contribution in [0.15, 0.2) is 224 Å². The summed E-state index contributed by atoms with van der Waals surface area (Å²) in [6, 6.07) is 65.4. The largest absolute Gasteiger partial charge is 0.346 e. The van der Waals surface area contributed by atoms with Crippen molar-refractivity contribution in [2.45, 2.75) is 6.29 Å². The molecule has 1 atom stereocenters. The summed E-state index contributed by atoms with van der Waals surface area (Å²) < 4.78 is 4.73. The predicted octanol–water partition coefficient (Wildman–Crippen LogP) is 13.6. The monoisotopic (exact) mass is 742 g/mol. The van der Waals surface area contributed by atoms with E-state index >= 15 is 0 Å². The topological polar surface area (TPSA) is 34.2 Å². The Bertz CT molecular complexity index is 3320. The van der Waals surface area contributed by atoms with Gasteiger partial charge < -0.3 is 14.5 Å². The van der Waals surface area contributed by atoms with Gasteiger partial charge in [-0.25, -0.2) is 4.99 Å². The van der Waals surface area contributed by atoms with Crippen molar-refractivity contribution in [2.75, 3.05) is 0 Å². The standard InChI is InChI=1S/C54H38N4/c1-3-40-47(4-2)55-54(56-53(40)37-29-27-36(28-30-37)35-17-7-5-8-18-35)58-48-25-15-13-22-42(48)46-33-38(31-32-50(46)58)45-34-51-52(43-23-12-11-21-41(43)45)44-24-14-16-26-49(44)57(51)39-19-9-6-10-20-39/h3-34,54-55H,1-2H2. The van der Waals surface area contributed by atoms with Crippen LogP contribution in [-0.4, -0.2) is 14.8 Å².